The average Bonchev–Trinajstić information content (AvgIpc) is 2.20. The van der Waals surface area contributed by atoms with E-state index in [1.807, 2.05) is 18.2 Å². The normalized spacial score (nSPS) is 10.0. The van der Waals surface area contributed by atoms with Crippen molar-refractivity contribution in [1.29, 1.82) is 0 Å². The molecule has 82 valence electrons. The van der Waals surface area contributed by atoms with Gasteiger partial charge in [0.05, 0.1) is 7.11 Å². The topological polar surface area (TPSA) is 46.5 Å². The first-order valence-corrected chi connectivity index (χ1v) is 5.47. The van der Waals surface area contributed by atoms with Crippen LogP contribution in [0.25, 0.3) is 0 Å². The maximum atomic E-state index is 10.4. The number of ether oxygens (including phenoxy) is 1. The Morgan fingerprint density at radius 1 is 1.53 bits per heavy atom. The zero-order chi connectivity index (χ0) is 11.3. The summed E-state index contributed by atoms with van der Waals surface area (Å²) < 4.78 is 6.09. The first-order valence-electron chi connectivity index (χ1n) is 4.67. The number of benzene rings is 1. The van der Waals surface area contributed by atoms with Gasteiger partial charge in [-0.05, 0) is 36.6 Å². The number of carboxylic acid groups (broad SMARTS) is 1. The summed E-state index contributed by atoms with van der Waals surface area (Å²) in [5, 5.41) is 8.53. The molecule has 0 spiro atoms. The van der Waals surface area contributed by atoms with Crippen molar-refractivity contribution in [2.75, 3.05) is 7.11 Å². The van der Waals surface area contributed by atoms with Crippen molar-refractivity contribution in [3.8, 4) is 5.75 Å². The lowest BCUT2D eigenvalue weighted by Crippen LogP contribution is -1.96. The largest absolute Gasteiger partial charge is 0.497 e. The number of hydrogen-bond donors (Lipinski definition) is 1. The highest BCUT2D eigenvalue weighted by Crippen LogP contribution is 2.23. The SMILES string of the molecule is COc1ccc(Br)c(CCCC(=O)O)c1. The molecule has 0 aliphatic rings. The quantitative estimate of drug-likeness (QED) is 0.897. The third-order valence-electron chi connectivity index (χ3n) is 2.09. The van der Waals surface area contributed by atoms with E-state index in [1.54, 1.807) is 7.11 Å². The zero-order valence-electron chi connectivity index (χ0n) is 8.50. The fourth-order valence-electron chi connectivity index (χ4n) is 1.30. The van der Waals surface area contributed by atoms with Crippen LogP contribution in [0, 0.1) is 0 Å². The van der Waals surface area contributed by atoms with Crippen molar-refractivity contribution >= 4 is 21.9 Å². The van der Waals surface area contributed by atoms with Gasteiger partial charge in [0.15, 0.2) is 0 Å². The Balaban J connectivity index is 2.62. The molecule has 15 heavy (non-hydrogen) atoms. The number of aliphatic carboxylic acids is 1. The summed E-state index contributed by atoms with van der Waals surface area (Å²) in [5.74, 6) is 0.0394. The number of halogens is 1. The maximum absolute atomic E-state index is 10.4. The van der Waals surface area contributed by atoms with Gasteiger partial charge in [-0.2, -0.15) is 0 Å². The Labute approximate surface area is 97.2 Å². The van der Waals surface area contributed by atoms with Gasteiger partial charge in [-0.25, -0.2) is 0 Å². The van der Waals surface area contributed by atoms with Crippen LogP contribution in [-0.4, -0.2) is 18.2 Å². The summed E-state index contributed by atoms with van der Waals surface area (Å²) in [5.41, 5.74) is 1.08. The van der Waals surface area contributed by atoms with Crippen LogP contribution in [0.4, 0.5) is 0 Å². The molecular formula is C11H13BrO3. The Kier molecular flexibility index (Phi) is 4.62. The Hall–Kier alpha value is -1.03. The van der Waals surface area contributed by atoms with Crippen LogP contribution in [0.2, 0.25) is 0 Å². The molecule has 1 N–H and O–H groups in total. The van der Waals surface area contributed by atoms with E-state index >= 15 is 0 Å². The van der Waals surface area contributed by atoms with E-state index in [4.69, 9.17) is 9.84 Å². The number of carboxylic acids is 1. The van der Waals surface area contributed by atoms with Gasteiger partial charge in [-0.3, -0.25) is 4.79 Å². The monoisotopic (exact) mass is 272 g/mol. The molecule has 4 heteroatoms. The molecule has 0 aliphatic heterocycles. The van der Waals surface area contributed by atoms with Crippen molar-refractivity contribution in [2.45, 2.75) is 19.3 Å². The highest BCUT2D eigenvalue weighted by Gasteiger charge is 2.03. The molecule has 0 heterocycles. The molecule has 1 rings (SSSR count). The molecule has 1 aromatic carbocycles. The molecular weight excluding hydrogens is 260 g/mol. The molecule has 0 saturated heterocycles. The summed E-state index contributed by atoms with van der Waals surface area (Å²) >= 11 is 3.42. The fourth-order valence-corrected chi connectivity index (χ4v) is 1.74. The second-order valence-electron chi connectivity index (χ2n) is 3.20. The van der Waals surface area contributed by atoms with E-state index in [0.29, 0.717) is 6.42 Å². The smallest absolute Gasteiger partial charge is 0.303 e. The summed E-state index contributed by atoms with van der Waals surface area (Å²) in [6.45, 7) is 0. The number of aryl methyl sites for hydroxylation is 1. The highest BCUT2D eigenvalue weighted by molar-refractivity contribution is 9.10. The van der Waals surface area contributed by atoms with Crippen LogP contribution >= 0.6 is 15.9 Å². The Bertz CT molecular complexity index is 350. The van der Waals surface area contributed by atoms with Crippen LogP contribution < -0.4 is 4.74 Å². The van der Waals surface area contributed by atoms with Crippen molar-refractivity contribution in [2.24, 2.45) is 0 Å². The minimum absolute atomic E-state index is 0.198. The van der Waals surface area contributed by atoms with E-state index in [0.717, 1.165) is 22.2 Å². The Morgan fingerprint density at radius 2 is 2.27 bits per heavy atom. The molecule has 0 unspecified atom stereocenters. The van der Waals surface area contributed by atoms with Gasteiger partial charge in [0.2, 0.25) is 0 Å². The number of carbonyl (C=O) groups is 1. The lowest BCUT2D eigenvalue weighted by molar-refractivity contribution is -0.137. The van der Waals surface area contributed by atoms with Gasteiger partial charge < -0.3 is 9.84 Å². The molecule has 0 fully saturated rings. The summed E-state index contributed by atoms with van der Waals surface area (Å²) in [7, 11) is 1.62. The first kappa shape index (κ1) is 12.0. The average molecular weight is 273 g/mol. The zero-order valence-corrected chi connectivity index (χ0v) is 10.1. The second-order valence-corrected chi connectivity index (χ2v) is 4.06. The van der Waals surface area contributed by atoms with Crippen molar-refractivity contribution < 1.29 is 14.6 Å². The van der Waals surface area contributed by atoms with E-state index in [2.05, 4.69) is 15.9 Å². The molecule has 0 bridgehead atoms. The lowest BCUT2D eigenvalue weighted by Gasteiger charge is -2.06. The van der Waals surface area contributed by atoms with E-state index in [9.17, 15) is 4.79 Å². The van der Waals surface area contributed by atoms with Crippen LogP contribution in [0.5, 0.6) is 5.75 Å². The van der Waals surface area contributed by atoms with Gasteiger partial charge in [0, 0.05) is 10.9 Å². The van der Waals surface area contributed by atoms with Gasteiger partial charge in [0.25, 0.3) is 0 Å². The second kappa shape index (κ2) is 5.75. The van der Waals surface area contributed by atoms with E-state index < -0.39 is 5.97 Å². The molecule has 1 aromatic rings. The lowest BCUT2D eigenvalue weighted by atomic mass is 10.1. The number of methoxy groups -OCH3 is 1. The molecule has 3 nitrogen and oxygen atoms in total. The maximum Gasteiger partial charge on any atom is 0.303 e. The highest BCUT2D eigenvalue weighted by atomic mass is 79.9. The standard InChI is InChI=1S/C11H13BrO3/c1-15-9-5-6-10(12)8(7-9)3-2-4-11(13)14/h5-7H,2-4H2,1H3,(H,13,14). The molecule has 0 atom stereocenters. The molecule has 0 saturated carbocycles. The van der Waals surface area contributed by atoms with Crippen molar-refractivity contribution in [3.63, 3.8) is 0 Å². The predicted molar refractivity (Wildman–Crippen MR) is 61.3 cm³/mol. The summed E-state index contributed by atoms with van der Waals surface area (Å²) in [6, 6.07) is 5.70. The third kappa shape index (κ3) is 3.91. The number of hydrogen-bond acceptors (Lipinski definition) is 2. The fraction of sp³-hybridized carbons (Fsp3) is 0.364. The van der Waals surface area contributed by atoms with Crippen molar-refractivity contribution in [1.82, 2.24) is 0 Å². The first-order chi connectivity index (χ1) is 7.13. The Morgan fingerprint density at radius 3 is 2.87 bits per heavy atom. The van der Waals surface area contributed by atoms with Crippen LogP contribution in [-0.2, 0) is 11.2 Å². The minimum Gasteiger partial charge on any atom is -0.497 e. The molecule has 0 radical (unpaired) electrons. The minimum atomic E-state index is -0.756. The van der Waals surface area contributed by atoms with Gasteiger partial charge in [0.1, 0.15) is 5.75 Å². The molecule has 0 amide bonds. The van der Waals surface area contributed by atoms with Gasteiger partial charge in [-0.1, -0.05) is 15.9 Å². The summed E-state index contributed by atoms with van der Waals surface area (Å²) in [6.07, 6.45) is 1.58. The molecule has 0 aliphatic carbocycles. The van der Waals surface area contributed by atoms with Gasteiger partial charge >= 0.3 is 5.97 Å². The predicted octanol–water partition coefficient (Wildman–Crippen LogP) is 2.87. The van der Waals surface area contributed by atoms with Crippen LogP contribution in [0.3, 0.4) is 0 Å². The van der Waals surface area contributed by atoms with Crippen LogP contribution in [0.15, 0.2) is 22.7 Å². The number of rotatable bonds is 5. The van der Waals surface area contributed by atoms with Gasteiger partial charge in [-0.15, -0.1) is 0 Å². The molecule has 0 aromatic heterocycles. The van der Waals surface area contributed by atoms with Crippen LogP contribution in [0.1, 0.15) is 18.4 Å². The summed E-state index contributed by atoms with van der Waals surface area (Å²) in [4.78, 5) is 10.4. The third-order valence-corrected chi connectivity index (χ3v) is 2.86. The van der Waals surface area contributed by atoms with E-state index in [-0.39, 0.29) is 6.42 Å². The van der Waals surface area contributed by atoms with E-state index in [1.165, 1.54) is 0 Å². The van der Waals surface area contributed by atoms with Crippen molar-refractivity contribution in [3.05, 3.63) is 28.2 Å².